The Balaban J connectivity index is 1.63. The highest BCUT2D eigenvalue weighted by Crippen LogP contribution is 2.67. The number of aliphatic hydroxyl groups is 2. The first kappa shape index (κ1) is 34.5. The van der Waals surface area contributed by atoms with Gasteiger partial charge in [0.1, 0.15) is 11.7 Å². The van der Waals surface area contributed by atoms with Gasteiger partial charge in [0.2, 0.25) is 0 Å². The number of carbonyl (C=O) groups is 4. The third-order valence-corrected chi connectivity index (χ3v) is 10.9. The lowest BCUT2D eigenvalue weighted by Crippen LogP contribution is -2.87. The third kappa shape index (κ3) is 5.85. The van der Waals surface area contributed by atoms with Crippen LogP contribution in [0.2, 0.25) is 0 Å². The highest BCUT2D eigenvalue weighted by atomic mass is 16.6. The third-order valence-electron chi connectivity index (χ3n) is 10.9. The zero-order chi connectivity index (χ0) is 32.7. The second-order valence-corrected chi connectivity index (χ2v) is 14.5. The molecule has 0 amide bonds. The predicted molar refractivity (Wildman–Crippen MR) is 159 cm³/mol. The quantitative estimate of drug-likeness (QED) is 0.222. The number of fused-ring (bicyclic) bond motifs is 3. The molecule has 4 rings (SSSR count). The number of piperidine rings is 1. The molecule has 8 atom stereocenters. The molecule has 0 aromatic carbocycles. The molecule has 248 valence electrons. The Morgan fingerprint density at radius 1 is 1.07 bits per heavy atom. The van der Waals surface area contributed by atoms with E-state index in [1.807, 2.05) is 13.8 Å². The van der Waals surface area contributed by atoms with Crippen LogP contribution in [0.15, 0.2) is 12.7 Å². The number of carbonyl (C=O) groups excluding carboxylic acids is 4. The molecule has 11 nitrogen and oxygen atoms in total. The zero-order valence-corrected chi connectivity index (χ0v) is 27.2. The molecule has 0 aromatic rings. The lowest BCUT2D eigenvalue weighted by atomic mass is 9.39. The summed E-state index contributed by atoms with van der Waals surface area (Å²) in [5, 5.41) is 24.2. The SMILES string of the molecule is C=C[C@@]1(C)CC(=O)[C@]2(O)[C@@]3(C)[C@@H](O)CCC(C)(C)[C@@H]3[C@H](OC(=O)COC(=O)CCCN3CCCCC3)[C@H](OC(C)=O)[C@@]2(C)O1. The monoisotopic (exact) mass is 621 g/mol. The Labute approximate surface area is 260 Å². The molecule has 4 aliphatic rings. The topological polar surface area (TPSA) is 149 Å². The van der Waals surface area contributed by atoms with Crippen LogP contribution in [0.3, 0.4) is 0 Å². The Hall–Kier alpha value is -2.34. The fourth-order valence-corrected chi connectivity index (χ4v) is 8.77. The molecule has 4 fully saturated rings. The number of hydrogen-bond donors (Lipinski definition) is 2. The van der Waals surface area contributed by atoms with E-state index in [9.17, 15) is 29.4 Å². The summed E-state index contributed by atoms with van der Waals surface area (Å²) in [7, 11) is 0. The molecule has 0 aromatic heterocycles. The summed E-state index contributed by atoms with van der Waals surface area (Å²) >= 11 is 0. The van der Waals surface area contributed by atoms with Crippen molar-refractivity contribution in [3.63, 3.8) is 0 Å². The minimum absolute atomic E-state index is 0.157. The maximum atomic E-state index is 14.1. The smallest absolute Gasteiger partial charge is 0.344 e. The minimum atomic E-state index is -2.33. The minimum Gasteiger partial charge on any atom is -0.455 e. The van der Waals surface area contributed by atoms with Crippen molar-refractivity contribution in [3.05, 3.63) is 12.7 Å². The van der Waals surface area contributed by atoms with E-state index in [4.69, 9.17) is 18.9 Å². The molecule has 0 radical (unpaired) electrons. The van der Waals surface area contributed by atoms with E-state index in [1.54, 1.807) is 13.8 Å². The second kappa shape index (κ2) is 12.5. The van der Waals surface area contributed by atoms with Crippen molar-refractivity contribution < 1.29 is 48.3 Å². The number of esters is 3. The molecule has 2 N–H and O–H groups in total. The van der Waals surface area contributed by atoms with Gasteiger partial charge in [-0.15, -0.1) is 6.58 Å². The van der Waals surface area contributed by atoms with Crippen molar-refractivity contribution in [2.75, 3.05) is 26.2 Å². The maximum Gasteiger partial charge on any atom is 0.344 e. The van der Waals surface area contributed by atoms with Crippen molar-refractivity contribution in [3.8, 4) is 0 Å². The van der Waals surface area contributed by atoms with E-state index < -0.39 is 82.2 Å². The van der Waals surface area contributed by atoms with E-state index in [0.29, 0.717) is 12.8 Å². The summed E-state index contributed by atoms with van der Waals surface area (Å²) in [6.45, 7) is 15.7. The summed E-state index contributed by atoms with van der Waals surface area (Å²) in [6, 6.07) is 0. The van der Waals surface area contributed by atoms with Crippen LogP contribution in [0.25, 0.3) is 0 Å². The molecule has 0 unspecified atom stereocenters. The van der Waals surface area contributed by atoms with Crippen LogP contribution in [-0.4, -0.2) is 100 Å². The number of hydrogen-bond acceptors (Lipinski definition) is 11. The van der Waals surface area contributed by atoms with Crippen molar-refractivity contribution >= 4 is 23.7 Å². The van der Waals surface area contributed by atoms with E-state index in [1.165, 1.54) is 26.3 Å². The zero-order valence-electron chi connectivity index (χ0n) is 27.2. The molecule has 44 heavy (non-hydrogen) atoms. The van der Waals surface area contributed by atoms with Gasteiger partial charge in [-0.2, -0.15) is 0 Å². The number of rotatable bonds is 9. The van der Waals surface area contributed by atoms with Gasteiger partial charge in [0.05, 0.1) is 11.7 Å². The van der Waals surface area contributed by atoms with Crippen LogP contribution in [0.1, 0.15) is 92.9 Å². The van der Waals surface area contributed by atoms with Gasteiger partial charge < -0.3 is 34.1 Å². The number of ketones is 1. The average Bonchev–Trinajstić information content (AvgIpc) is 2.95. The fourth-order valence-electron chi connectivity index (χ4n) is 8.77. The van der Waals surface area contributed by atoms with Crippen molar-refractivity contribution in [2.45, 2.75) is 128 Å². The first-order valence-corrected chi connectivity index (χ1v) is 16.0. The van der Waals surface area contributed by atoms with Gasteiger partial charge in [0, 0.05) is 31.1 Å². The van der Waals surface area contributed by atoms with E-state index in [0.717, 1.165) is 32.5 Å². The molecule has 0 bridgehead atoms. The van der Waals surface area contributed by atoms with Crippen LogP contribution in [0.5, 0.6) is 0 Å². The molecule has 2 aliphatic carbocycles. The predicted octanol–water partition coefficient (Wildman–Crippen LogP) is 2.88. The second-order valence-electron chi connectivity index (χ2n) is 14.5. The van der Waals surface area contributed by atoms with Crippen LogP contribution >= 0.6 is 0 Å². The summed E-state index contributed by atoms with van der Waals surface area (Å²) in [6.07, 6.45) is 2.41. The van der Waals surface area contributed by atoms with Gasteiger partial charge in [0.15, 0.2) is 24.1 Å². The first-order chi connectivity index (χ1) is 20.4. The van der Waals surface area contributed by atoms with Gasteiger partial charge in [0.25, 0.3) is 0 Å². The standard InChI is InChI=1S/C33H51NO10/c1-8-30(5)19-23(37)33(40)31(6)22(36)14-15-29(3,4)27(31)26(28(42-21(2)35)32(33,7)44-30)43-25(39)20-41-24(38)13-12-18-34-16-10-9-11-17-34/h8,22,26-28,36,40H,1,9-20H2,2-7H3/t22-,26-,27-,28-,30-,31-,32+,33-/m0/s1. The number of Topliss-reactive ketones (excluding diaryl/α,β-unsaturated/α-hetero) is 1. The molecule has 2 saturated heterocycles. The fraction of sp³-hybridized carbons (Fsp3) is 0.818. The Kier molecular flexibility index (Phi) is 9.77. The number of aliphatic hydroxyl groups excluding tert-OH is 1. The highest BCUT2D eigenvalue weighted by molar-refractivity contribution is 5.92. The number of nitrogens with zero attached hydrogens (tertiary/aromatic N) is 1. The molecule has 2 aliphatic heterocycles. The average molecular weight is 622 g/mol. The maximum absolute atomic E-state index is 14.1. The van der Waals surface area contributed by atoms with Gasteiger partial charge in [-0.25, -0.2) is 4.79 Å². The van der Waals surface area contributed by atoms with E-state index >= 15 is 0 Å². The Bertz CT molecular complexity index is 1150. The molecule has 2 heterocycles. The number of ether oxygens (including phenoxy) is 4. The van der Waals surface area contributed by atoms with Crippen LogP contribution in [-0.2, 0) is 38.1 Å². The van der Waals surface area contributed by atoms with Crippen molar-refractivity contribution in [2.24, 2.45) is 16.7 Å². The van der Waals surface area contributed by atoms with Crippen molar-refractivity contribution in [1.29, 1.82) is 0 Å². The van der Waals surface area contributed by atoms with Crippen LogP contribution < -0.4 is 0 Å². The lowest BCUT2D eigenvalue weighted by Gasteiger charge is -2.71. The normalized spacial score (nSPS) is 40.2. The van der Waals surface area contributed by atoms with Gasteiger partial charge >= 0.3 is 17.9 Å². The first-order valence-electron chi connectivity index (χ1n) is 16.0. The van der Waals surface area contributed by atoms with Crippen molar-refractivity contribution in [1.82, 2.24) is 4.90 Å². The summed E-state index contributed by atoms with van der Waals surface area (Å²) < 4.78 is 23.6. The van der Waals surface area contributed by atoms with E-state index in [2.05, 4.69) is 11.5 Å². The Morgan fingerprint density at radius 2 is 1.73 bits per heavy atom. The molecule has 2 saturated carbocycles. The lowest BCUT2D eigenvalue weighted by molar-refractivity contribution is -0.371. The van der Waals surface area contributed by atoms with Gasteiger partial charge in [-0.1, -0.05) is 33.3 Å². The number of likely N-dealkylation sites (tertiary alicyclic amines) is 1. The summed E-state index contributed by atoms with van der Waals surface area (Å²) in [5.41, 5.74) is -7.79. The van der Waals surface area contributed by atoms with Gasteiger partial charge in [-0.3, -0.25) is 14.4 Å². The summed E-state index contributed by atoms with van der Waals surface area (Å²) in [4.78, 5) is 54.8. The highest BCUT2D eigenvalue weighted by Gasteiger charge is 2.82. The molecule has 0 spiro atoms. The van der Waals surface area contributed by atoms with Gasteiger partial charge in [-0.05, 0) is 71.0 Å². The Morgan fingerprint density at radius 3 is 2.34 bits per heavy atom. The molecular formula is C33H51NO10. The molecule has 11 heteroatoms. The van der Waals surface area contributed by atoms with E-state index in [-0.39, 0.29) is 19.3 Å². The van der Waals surface area contributed by atoms with Crippen LogP contribution in [0.4, 0.5) is 0 Å². The molecular weight excluding hydrogens is 570 g/mol. The summed E-state index contributed by atoms with van der Waals surface area (Å²) in [5.74, 6) is -3.58. The largest absolute Gasteiger partial charge is 0.455 e. The van der Waals surface area contributed by atoms with Crippen LogP contribution in [0, 0.1) is 16.7 Å².